The maximum atomic E-state index is 12.9. The van der Waals surface area contributed by atoms with Crippen LogP contribution in [0.15, 0.2) is 27.2 Å². The molecular weight excluding hydrogens is 450 g/mol. The summed E-state index contributed by atoms with van der Waals surface area (Å²) in [5.41, 5.74) is 2.18. The molecule has 0 saturated carbocycles. The number of aromatic nitrogens is 3. The van der Waals surface area contributed by atoms with Gasteiger partial charge in [0.25, 0.3) is 5.71 Å². The fraction of sp³-hybridized carbons (Fsp3) is 0.429. The van der Waals surface area contributed by atoms with E-state index in [1.807, 2.05) is 32.0 Å². The summed E-state index contributed by atoms with van der Waals surface area (Å²) in [6, 6.07) is 5.76. The average Bonchev–Trinajstić information content (AvgIpc) is 3.12. The number of halogens is 1. The van der Waals surface area contributed by atoms with Crippen molar-refractivity contribution in [2.75, 3.05) is 25.1 Å². The van der Waals surface area contributed by atoms with Gasteiger partial charge in [-0.3, -0.25) is 4.79 Å². The number of piperidine rings is 1. The number of fused-ring (bicyclic) bond motifs is 1. The number of hydrogen-bond acceptors (Lipinski definition) is 7. The molecule has 1 saturated heterocycles. The van der Waals surface area contributed by atoms with Crippen molar-refractivity contribution in [3.8, 4) is 5.75 Å². The number of nitrogens with zero attached hydrogens (tertiary/aromatic N) is 4. The standard InChI is InChI=1S/C21H24BrN5O3/c1-12-18-19(24-13(2)25-21(18)30-26-12)27-8-4-5-14(11-27)20(28)23-10-15-9-16(22)6-7-17(15)29-3/h6-7,9,14H,4-5,8,10-11H2,1-3H3,(H,23,28). The number of anilines is 1. The number of rotatable bonds is 5. The van der Waals surface area contributed by atoms with Gasteiger partial charge in [-0.15, -0.1) is 0 Å². The molecule has 8 nitrogen and oxygen atoms in total. The highest BCUT2D eigenvalue weighted by Gasteiger charge is 2.29. The minimum Gasteiger partial charge on any atom is -0.496 e. The van der Waals surface area contributed by atoms with E-state index in [1.165, 1.54) is 0 Å². The number of aryl methyl sites for hydroxylation is 2. The van der Waals surface area contributed by atoms with Crippen molar-refractivity contribution in [3.63, 3.8) is 0 Å². The number of carbonyl (C=O) groups is 1. The molecule has 30 heavy (non-hydrogen) atoms. The largest absolute Gasteiger partial charge is 0.496 e. The third-order valence-electron chi connectivity index (χ3n) is 5.39. The number of carbonyl (C=O) groups excluding carboxylic acids is 1. The molecule has 0 spiro atoms. The van der Waals surface area contributed by atoms with Crippen LogP contribution in [-0.4, -0.2) is 41.2 Å². The summed E-state index contributed by atoms with van der Waals surface area (Å²) < 4.78 is 11.7. The minimum absolute atomic E-state index is 0.0331. The minimum atomic E-state index is -0.123. The molecule has 1 aliphatic heterocycles. The van der Waals surface area contributed by atoms with Gasteiger partial charge in [-0.05, 0) is 44.9 Å². The van der Waals surface area contributed by atoms with Crippen molar-refractivity contribution in [2.24, 2.45) is 5.92 Å². The van der Waals surface area contributed by atoms with Gasteiger partial charge in [-0.25, -0.2) is 4.98 Å². The van der Waals surface area contributed by atoms with Crippen LogP contribution in [0.5, 0.6) is 5.75 Å². The van der Waals surface area contributed by atoms with E-state index in [1.54, 1.807) is 7.11 Å². The van der Waals surface area contributed by atoms with Crippen LogP contribution in [0.4, 0.5) is 5.82 Å². The van der Waals surface area contributed by atoms with Crippen LogP contribution in [0.1, 0.15) is 29.9 Å². The summed E-state index contributed by atoms with van der Waals surface area (Å²) in [6.45, 7) is 5.56. The summed E-state index contributed by atoms with van der Waals surface area (Å²) >= 11 is 3.47. The van der Waals surface area contributed by atoms with Crippen LogP contribution < -0.4 is 15.0 Å². The summed E-state index contributed by atoms with van der Waals surface area (Å²) in [6.07, 6.45) is 1.75. The lowest BCUT2D eigenvalue weighted by Crippen LogP contribution is -2.43. The molecule has 3 heterocycles. The Morgan fingerprint density at radius 1 is 1.37 bits per heavy atom. The second kappa shape index (κ2) is 8.59. The first kappa shape index (κ1) is 20.6. The van der Waals surface area contributed by atoms with E-state index in [0.717, 1.165) is 52.1 Å². The Bertz CT molecular complexity index is 1080. The third kappa shape index (κ3) is 4.12. The number of nitrogens with one attached hydrogen (secondary N) is 1. The van der Waals surface area contributed by atoms with E-state index in [2.05, 4.69) is 41.3 Å². The zero-order valence-electron chi connectivity index (χ0n) is 17.2. The van der Waals surface area contributed by atoms with E-state index in [4.69, 9.17) is 9.26 Å². The Hall–Kier alpha value is -2.68. The number of methoxy groups -OCH3 is 1. The Morgan fingerprint density at radius 3 is 3.00 bits per heavy atom. The van der Waals surface area contributed by atoms with Gasteiger partial charge in [0, 0.05) is 29.7 Å². The highest BCUT2D eigenvalue weighted by atomic mass is 79.9. The van der Waals surface area contributed by atoms with E-state index in [-0.39, 0.29) is 11.8 Å². The van der Waals surface area contributed by atoms with Gasteiger partial charge in [-0.2, -0.15) is 4.98 Å². The summed E-state index contributed by atoms with van der Waals surface area (Å²) in [7, 11) is 1.63. The molecule has 0 aliphatic carbocycles. The van der Waals surface area contributed by atoms with Crippen LogP contribution in [0.2, 0.25) is 0 Å². The molecule has 1 fully saturated rings. The fourth-order valence-electron chi connectivity index (χ4n) is 3.90. The Kier molecular flexibility index (Phi) is 5.90. The summed E-state index contributed by atoms with van der Waals surface area (Å²) in [5, 5.41) is 7.92. The van der Waals surface area contributed by atoms with Crippen LogP contribution in [-0.2, 0) is 11.3 Å². The van der Waals surface area contributed by atoms with Gasteiger partial charge >= 0.3 is 0 Å². The van der Waals surface area contributed by atoms with Crippen LogP contribution in [0, 0.1) is 19.8 Å². The Labute approximate surface area is 183 Å². The smallest absolute Gasteiger partial charge is 0.263 e. The number of benzene rings is 1. The molecule has 1 unspecified atom stereocenters. The highest BCUT2D eigenvalue weighted by molar-refractivity contribution is 9.10. The maximum absolute atomic E-state index is 12.9. The van der Waals surface area contributed by atoms with Crippen molar-refractivity contribution in [1.82, 2.24) is 20.4 Å². The van der Waals surface area contributed by atoms with E-state index in [0.29, 0.717) is 24.6 Å². The fourth-order valence-corrected chi connectivity index (χ4v) is 4.31. The van der Waals surface area contributed by atoms with Gasteiger partial charge in [0.1, 0.15) is 22.8 Å². The quantitative estimate of drug-likeness (QED) is 0.605. The zero-order valence-corrected chi connectivity index (χ0v) is 18.8. The summed E-state index contributed by atoms with van der Waals surface area (Å²) in [5.74, 6) is 2.09. The third-order valence-corrected chi connectivity index (χ3v) is 5.88. The molecule has 1 atom stereocenters. The molecule has 1 aliphatic rings. The topological polar surface area (TPSA) is 93.4 Å². The molecule has 3 aromatic rings. The second-order valence-electron chi connectivity index (χ2n) is 7.50. The number of hydrogen-bond donors (Lipinski definition) is 1. The Balaban J connectivity index is 1.49. The van der Waals surface area contributed by atoms with Crippen LogP contribution >= 0.6 is 15.9 Å². The van der Waals surface area contributed by atoms with Crippen molar-refractivity contribution >= 4 is 38.8 Å². The average molecular weight is 474 g/mol. The van der Waals surface area contributed by atoms with Gasteiger partial charge in [0.15, 0.2) is 0 Å². The van der Waals surface area contributed by atoms with E-state index < -0.39 is 0 Å². The first-order valence-corrected chi connectivity index (χ1v) is 10.7. The molecule has 0 radical (unpaired) electrons. The van der Waals surface area contributed by atoms with Gasteiger partial charge in [-0.1, -0.05) is 21.1 Å². The van der Waals surface area contributed by atoms with E-state index >= 15 is 0 Å². The zero-order chi connectivity index (χ0) is 21.3. The van der Waals surface area contributed by atoms with Crippen LogP contribution in [0.25, 0.3) is 11.1 Å². The van der Waals surface area contributed by atoms with Crippen LogP contribution in [0.3, 0.4) is 0 Å². The van der Waals surface area contributed by atoms with E-state index in [9.17, 15) is 4.79 Å². The number of ether oxygens (including phenoxy) is 1. The van der Waals surface area contributed by atoms with Crippen molar-refractivity contribution in [2.45, 2.75) is 33.2 Å². The van der Waals surface area contributed by atoms with Crippen molar-refractivity contribution < 1.29 is 14.1 Å². The Morgan fingerprint density at radius 2 is 2.20 bits per heavy atom. The first-order valence-electron chi connectivity index (χ1n) is 9.92. The van der Waals surface area contributed by atoms with Gasteiger partial charge in [0.05, 0.1) is 18.7 Å². The predicted octanol–water partition coefficient (Wildman–Crippen LogP) is 3.54. The lowest BCUT2D eigenvalue weighted by Gasteiger charge is -2.33. The lowest BCUT2D eigenvalue weighted by atomic mass is 9.96. The molecule has 1 amide bonds. The lowest BCUT2D eigenvalue weighted by molar-refractivity contribution is -0.125. The predicted molar refractivity (Wildman–Crippen MR) is 117 cm³/mol. The first-order chi connectivity index (χ1) is 14.5. The maximum Gasteiger partial charge on any atom is 0.263 e. The normalized spacial score (nSPS) is 16.7. The molecule has 1 aromatic carbocycles. The molecule has 1 N–H and O–H groups in total. The molecule has 0 bridgehead atoms. The number of amides is 1. The van der Waals surface area contributed by atoms with Gasteiger partial charge in [0.2, 0.25) is 5.91 Å². The van der Waals surface area contributed by atoms with Crippen molar-refractivity contribution in [3.05, 3.63) is 39.8 Å². The monoisotopic (exact) mass is 473 g/mol. The molecule has 9 heteroatoms. The molecule has 158 valence electrons. The SMILES string of the molecule is COc1ccc(Br)cc1CNC(=O)C1CCCN(c2nc(C)nc3onc(C)c23)C1. The highest BCUT2D eigenvalue weighted by Crippen LogP contribution is 2.30. The molecule has 2 aromatic heterocycles. The van der Waals surface area contributed by atoms with Crippen molar-refractivity contribution in [1.29, 1.82) is 0 Å². The summed E-state index contributed by atoms with van der Waals surface area (Å²) in [4.78, 5) is 24.0. The molecular formula is C21H24BrN5O3. The molecule has 4 rings (SSSR count). The van der Waals surface area contributed by atoms with Gasteiger partial charge < -0.3 is 19.5 Å². The second-order valence-corrected chi connectivity index (χ2v) is 8.42.